The summed E-state index contributed by atoms with van der Waals surface area (Å²) in [5, 5.41) is 14.4. The highest BCUT2D eigenvalue weighted by atomic mass is 14.8. The number of fused-ring (bicyclic) bond motifs is 6. The Balaban J connectivity index is 0.789. The van der Waals surface area contributed by atoms with Crippen LogP contribution in [0.15, 0.2) is 194 Å². The summed E-state index contributed by atoms with van der Waals surface area (Å²) in [5.41, 5.74) is 12.3. The van der Waals surface area contributed by atoms with Crippen molar-refractivity contribution in [2.45, 2.75) is 0 Å². The minimum absolute atomic E-state index is 0.927. The molecule has 0 saturated carbocycles. The Bertz CT molecular complexity index is 3890. The van der Waals surface area contributed by atoms with Gasteiger partial charge in [-0.3, -0.25) is 4.98 Å². The summed E-state index contributed by atoms with van der Waals surface area (Å²) >= 11 is 0. The van der Waals surface area contributed by atoms with Crippen LogP contribution >= 0.6 is 0 Å². The summed E-state index contributed by atoms with van der Waals surface area (Å²) in [6.07, 6.45) is 1.83. The first-order chi connectivity index (χ1) is 29.7. The van der Waals surface area contributed by atoms with Crippen LogP contribution in [0.1, 0.15) is 0 Å². The predicted octanol–water partition coefficient (Wildman–Crippen LogP) is 14.6. The monoisotopic (exact) mass is 760 g/mol. The lowest BCUT2D eigenvalue weighted by atomic mass is 9.91. The summed E-state index contributed by atoms with van der Waals surface area (Å²) < 4.78 is 0. The molecule has 9 aromatic carbocycles. The molecule has 0 aliphatic heterocycles. The molecule has 0 saturated heterocycles. The van der Waals surface area contributed by atoms with E-state index in [2.05, 4.69) is 187 Å². The molecule has 13 rings (SSSR count). The molecule has 276 valence electrons. The third-order valence-electron chi connectivity index (χ3n) is 12.4. The summed E-state index contributed by atoms with van der Waals surface area (Å²) in [4.78, 5) is 20.0. The van der Waals surface area contributed by atoms with E-state index < -0.39 is 0 Å². The van der Waals surface area contributed by atoms with Gasteiger partial charge in [-0.15, -0.1) is 0 Å². The maximum Gasteiger partial charge on any atom is 0.0972 e. The van der Waals surface area contributed by atoms with Gasteiger partial charge in [0.15, 0.2) is 0 Å². The Morgan fingerprint density at radius 2 is 0.767 bits per heavy atom. The van der Waals surface area contributed by atoms with Crippen molar-refractivity contribution < 1.29 is 0 Å². The minimum atomic E-state index is 0.927. The summed E-state index contributed by atoms with van der Waals surface area (Å²) in [6.45, 7) is 0. The van der Waals surface area contributed by atoms with Gasteiger partial charge in [-0.1, -0.05) is 127 Å². The fraction of sp³-hybridized carbons (Fsp3) is 0. The molecule has 0 amide bonds. The molecule has 0 bridgehead atoms. The zero-order valence-electron chi connectivity index (χ0n) is 32.3. The van der Waals surface area contributed by atoms with Gasteiger partial charge in [0.25, 0.3) is 0 Å². The smallest absolute Gasteiger partial charge is 0.0972 e. The molecule has 0 radical (unpaired) electrons. The number of hydrogen-bond donors (Lipinski definition) is 0. The van der Waals surface area contributed by atoms with Gasteiger partial charge >= 0.3 is 0 Å². The second kappa shape index (κ2) is 12.7. The zero-order chi connectivity index (χ0) is 39.3. The quantitative estimate of drug-likeness (QED) is 0.168. The van der Waals surface area contributed by atoms with Gasteiger partial charge in [-0.2, -0.15) is 0 Å². The van der Waals surface area contributed by atoms with Gasteiger partial charge in [0.1, 0.15) is 0 Å². The van der Waals surface area contributed by atoms with E-state index in [1.54, 1.807) is 0 Å². The summed E-state index contributed by atoms with van der Waals surface area (Å²) in [7, 11) is 0. The Labute approximate surface area is 344 Å². The molecular weight excluding hydrogens is 729 g/mol. The molecule has 0 N–H and O–H groups in total. The first kappa shape index (κ1) is 32.9. The number of pyridine rings is 4. The van der Waals surface area contributed by atoms with Gasteiger partial charge in [0.2, 0.25) is 0 Å². The van der Waals surface area contributed by atoms with E-state index in [1.165, 1.54) is 32.3 Å². The van der Waals surface area contributed by atoms with Crippen molar-refractivity contribution in [3.63, 3.8) is 0 Å². The van der Waals surface area contributed by atoms with Crippen molar-refractivity contribution in [3.8, 4) is 44.9 Å². The van der Waals surface area contributed by atoms with E-state index >= 15 is 0 Å². The Kier molecular flexibility index (Phi) is 6.98. The Morgan fingerprint density at radius 1 is 0.283 bits per heavy atom. The third-order valence-corrected chi connectivity index (χ3v) is 12.4. The zero-order valence-corrected chi connectivity index (χ0v) is 32.3. The van der Waals surface area contributed by atoms with E-state index in [0.29, 0.717) is 0 Å². The van der Waals surface area contributed by atoms with E-state index in [4.69, 9.17) is 15.0 Å². The highest BCUT2D eigenvalue weighted by Crippen LogP contribution is 2.40. The van der Waals surface area contributed by atoms with Crippen LogP contribution in [0.2, 0.25) is 0 Å². The van der Waals surface area contributed by atoms with Crippen molar-refractivity contribution in [1.29, 1.82) is 0 Å². The lowest BCUT2D eigenvalue weighted by molar-refractivity contribution is 1.37. The van der Waals surface area contributed by atoms with Crippen LogP contribution in [0.4, 0.5) is 0 Å². The molecule has 4 aromatic heterocycles. The summed E-state index contributed by atoms with van der Waals surface area (Å²) in [5.74, 6) is 0. The second-order valence-electron chi connectivity index (χ2n) is 15.9. The molecule has 4 heterocycles. The van der Waals surface area contributed by atoms with Gasteiger partial charge in [-0.25, -0.2) is 15.0 Å². The molecule has 0 spiro atoms. The standard InChI is InChI=1S/C56H32N4/c1-3-33-6-7-35-14-21-46(47-22-15-34(4-1)53(33)54(35)47)52-27-20-45-32-41(18-25-50(45)59-52)40-17-24-48-44(31-40)19-26-49(58-48)42-12-10-39-30-43(13-11-38(39)29-42)51-23-16-37-9-8-36-5-2-28-57-55(36)56(37)60-51/h1-32H. The van der Waals surface area contributed by atoms with Gasteiger partial charge in [0, 0.05) is 44.4 Å². The van der Waals surface area contributed by atoms with Crippen LogP contribution in [0.5, 0.6) is 0 Å². The van der Waals surface area contributed by atoms with Crippen LogP contribution < -0.4 is 0 Å². The van der Waals surface area contributed by atoms with Gasteiger partial charge in [0.05, 0.1) is 39.1 Å². The topological polar surface area (TPSA) is 51.6 Å². The fourth-order valence-electron chi connectivity index (χ4n) is 9.33. The van der Waals surface area contributed by atoms with E-state index in [1.807, 2.05) is 12.3 Å². The first-order valence-corrected chi connectivity index (χ1v) is 20.3. The molecular formula is C56H32N4. The van der Waals surface area contributed by atoms with Crippen molar-refractivity contribution in [2.24, 2.45) is 0 Å². The molecule has 0 unspecified atom stereocenters. The maximum absolute atomic E-state index is 5.19. The normalized spacial score (nSPS) is 12.0. The number of rotatable bonds is 4. The Hall–Kier alpha value is -8.08. The average Bonchev–Trinajstić information content (AvgIpc) is 3.32. The Morgan fingerprint density at radius 3 is 1.48 bits per heavy atom. The SMILES string of the molecule is c1cnc2c(c1)ccc1ccc(-c3ccc4cc(-c5ccc6cc(-c7ccc8nc(-c9ccc%10ccc%11cccc%12ccc9c%10c%11%12)ccc8c7)ccc6n5)ccc4c3)nc12. The van der Waals surface area contributed by atoms with Crippen LogP contribution in [0.3, 0.4) is 0 Å². The molecule has 0 fully saturated rings. The average molecular weight is 761 g/mol. The number of nitrogens with zero attached hydrogens (tertiary/aromatic N) is 4. The van der Waals surface area contributed by atoms with Crippen molar-refractivity contribution >= 4 is 86.7 Å². The van der Waals surface area contributed by atoms with Gasteiger partial charge in [-0.05, 0) is 115 Å². The van der Waals surface area contributed by atoms with E-state index in [9.17, 15) is 0 Å². The molecule has 60 heavy (non-hydrogen) atoms. The number of benzene rings is 9. The predicted molar refractivity (Wildman–Crippen MR) is 251 cm³/mol. The lowest BCUT2D eigenvalue weighted by Gasteiger charge is -2.14. The van der Waals surface area contributed by atoms with Crippen molar-refractivity contribution in [2.75, 3.05) is 0 Å². The van der Waals surface area contributed by atoms with Crippen LogP contribution in [-0.4, -0.2) is 19.9 Å². The van der Waals surface area contributed by atoms with Crippen LogP contribution in [0, 0.1) is 0 Å². The largest absolute Gasteiger partial charge is 0.254 e. The van der Waals surface area contributed by atoms with Gasteiger partial charge < -0.3 is 0 Å². The highest BCUT2D eigenvalue weighted by Gasteiger charge is 2.14. The maximum atomic E-state index is 5.19. The van der Waals surface area contributed by atoms with E-state index in [0.717, 1.165) is 99.3 Å². The fourth-order valence-corrected chi connectivity index (χ4v) is 9.33. The first-order valence-electron chi connectivity index (χ1n) is 20.3. The molecule has 4 nitrogen and oxygen atoms in total. The van der Waals surface area contributed by atoms with E-state index in [-0.39, 0.29) is 0 Å². The lowest BCUT2D eigenvalue weighted by Crippen LogP contribution is -1.90. The molecule has 0 atom stereocenters. The van der Waals surface area contributed by atoms with Crippen molar-refractivity contribution in [1.82, 2.24) is 19.9 Å². The molecule has 13 aromatic rings. The highest BCUT2D eigenvalue weighted by molar-refractivity contribution is 6.25. The molecule has 4 heteroatoms. The molecule has 0 aliphatic rings. The van der Waals surface area contributed by atoms with Crippen LogP contribution in [-0.2, 0) is 0 Å². The number of hydrogen-bond acceptors (Lipinski definition) is 4. The minimum Gasteiger partial charge on any atom is -0.254 e. The summed E-state index contributed by atoms with van der Waals surface area (Å²) in [6, 6.07) is 67.4. The number of aromatic nitrogens is 4. The van der Waals surface area contributed by atoms with Crippen molar-refractivity contribution in [3.05, 3.63) is 194 Å². The third kappa shape index (κ3) is 5.18. The molecule has 0 aliphatic carbocycles. The van der Waals surface area contributed by atoms with Crippen LogP contribution in [0.25, 0.3) is 132 Å². The second-order valence-corrected chi connectivity index (χ2v) is 15.9.